The van der Waals surface area contributed by atoms with E-state index in [1.165, 1.54) is 18.2 Å². The van der Waals surface area contributed by atoms with Crippen LogP contribution in [0.25, 0.3) is 0 Å². The molecule has 0 fully saturated rings. The van der Waals surface area contributed by atoms with E-state index in [4.69, 9.17) is 14.6 Å². The summed E-state index contributed by atoms with van der Waals surface area (Å²) in [7, 11) is 0. The minimum absolute atomic E-state index is 0.106. The Kier molecular flexibility index (Phi) is 4.18. The van der Waals surface area contributed by atoms with Crippen LogP contribution in [0.1, 0.15) is 21.7 Å². The van der Waals surface area contributed by atoms with Crippen molar-refractivity contribution in [3.05, 3.63) is 71.1 Å². The summed E-state index contributed by atoms with van der Waals surface area (Å²) in [5, 5.41) is 17.5. The molecule has 1 aromatic carbocycles. The van der Waals surface area contributed by atoms with Crippen LogP contribution in [-0.4, -0.2) is 22.0 Å². The second kappa shape index (κ2) is 6.04. The maximum absolute atomic E-state index is 13.0. The van der Waals surface area contributed by atoms with Gasteiger partial charge in [-0.2, -0.15) is 0 Å². The van der Waals surface area contributed by atoms with Gasteiger partial charge in [0.2, 0.25) is 5.76 Å². The largest absolute Gasteiger partial charge is 0.502 e. The van der Waals surface area contributed by atoms with Crippen molar-refractivity contribution >= 4 is 11.8 Å². The van der Waals surface area contributed by atoms with Gasteiger partial charge in [0.15, 0.2) is 5.78 Å². The first-order chi connectivity index (χ1) is 9.95. The number of halogens is 1. The summed E-state index contributed by atoms with van der Waals surface area (Å²) in [6, 6.07) is 7.36. The van der Waals surface area contributed by atoms with Gasteiger partial charge < -0.3 is 14.6 Å². The number of aliphatic carboxylic acids is 1. The first kappa shape index (κ1) is 14.5. The molecule has 0 aliphatic heterocycles. The number of aliphatic hydroxyl groups is 1. The summed E-state index contributed by atoms with van der Waals surface area (Å²) in [5.74, 6) is -3.28. The first-order valence-electron chi connectivity index (χ1n) is 5.96. The minimum atomic E-state index is -1.59. The van der Waals surface area contributed by atoms with E-state index >= 15 is 0 Å². The molecule has 0 spiro atoms. The molecule has 5 nitrogen and oxygen atoms in total. The summed E-state index contributed by atoms with van der Waals surface area (Å²) in [6.45, 7) is 0. The Morgan fingerprint density at radius 1 is 1.24 bits per heavy atom. The summed E-state index contributed by atoms with van der Waals surface area (Å²) in [5.41, 5.74) is 0.779. The van der Waals surface area contributed by atoms with Gasteiger partial charge in [-0.3, -0.25) is 4.79 Å². The number of aliphatic hydroxyl groups excluding tert-OH is 1. The maximum atomic E-state index is 13.0. The summed E-state index contributed by atoms with van der Waals surface area (Å²) < 4.78 is 18.2. The topological polar surface area (TPSA) is 87.7 Å². The Hall–Kier alpha value is -2.89. The number of carboxylic acid groups (broad SMARTS) is 1. The average molecular weight is 290 g/mol. The number of benzene rings is 1. The van der Waals surface area contributed by atoms with Gasteiger partial charge in [0.25, 0.3) is 0 Å². The van der Waals surface area contributed by atoms with E-state index in [1.807, 2.05) is 0 Å². The van der Waals surface area contributed by atoms with Crippen LogP contribution in [0.4, 0.5) is 4.39 Å². The van der Waals surface area contributed by atoms with Crippen molar-refractivity contribution < 1.29 is 28.6 Å². The van der Waals surface area contributed by atoms with E-state index in [0.717, 1.165) is 6.26 Å². The molecule has 2 rings (SSSR count). The molecule has 0 bridgehead atoms. The van der Waals surface area contributed by atoms with Crippen molar-refractivity contribution in [2.45, 2.75) is 6.42 Å². The number of allylic oxidation sites excluding steroid dienone is 1. The Morgan fingerprint density at radius 3 is 2.67 bits per heavy atom. The molecule has 0 aliphatic rings. The lowest BCUT2D eigenvalue weighted by molar-refractivity contribution is -0.135. The van der Waals surface area contributed by atoms with Crippen LogP contribution in [0.2, 0.25) is 0 Å². The summed E-state index contributed by atoms with van der Waals surface area (Å²) in [6.07, 6.45) is 2.04. The SMILES string of the molecule is O=C(O)/C(O)=C/C(=O)c1coc(Cc2cccc(F)c2)c1. The van der Waals surface area contributed by atoms with Crippen LogP contribution < -0.4 is 0 Å². The molecule has 0 saturated carbocycles. The Labute approximate surface area is 118 Å². The van der Waals surface area contributed by atoms with Gasteiger partial charge in [0.05, 0.1) is 5.56 Å². The highest BCUT2D eigenvalue weighted by Gasteiger charge is 2.12. The molecule has 108 valence electrons. The maximum Gasteiger partial charge on any atom is 0.371 e. The quantitative estimate of drug-likeness (QED) is 0.502. The lowest BCUT2D eigenvalue weighted by Crippen LogP contribution is -2.03. The van der Waals surface area contributed by atoms with E-state index in [9.17, 15) is 14.0 Å². The number of carboxylic acids is 1. The van der Waals surface area contributed by atoms with Gasteiger partial charge in [0.1, 0.15) is 17.8 Å². The van der Waals surface area contributed by atoms with Crippen LogP contribution in [-0.2, 0) is 11.2 Å². The van der Waals surface area contributed by atoms with Crippen LogP contribution >= 0.6 is 0 Å². The third-order valence-electron chi connectivity index (χ3n) is 2.69. The Morgan fingerprint density at radius 2 is 2.00 bits per heavy atom. The molecule has 0 aliphatic carbocycles. The molecule has 0 saturated heterocycles. The predicted molar refractivity (Wildman–Crippen MR) is 70.6 cm³/mol. The fraction of sp³-hybridized carbons (Fsp3) is 0.0667. The third kappa shape index (κ3) is 3.79. The van der Waals surface area contributed by atoms with Gasteiger partial charge in [0, 0.05) is 12.5 Å². The molecular weight excluding hydrogens is 279 g/mol. The van der Waals surface area contributed by atoms with Crippen molar-refractivity contribution in [1.29, 1.82) is 0 Å². The molecule has 0 amide bonds. The molecule has 21 heavy (non-hydrogen) atoms. The van der Waals surface area contributed by atoms with Crippen LogP contribution in [0.15, 0.2) is 52.8 Å². The number of ketones is 1. The lowest BCUT2D eigenvalue weighted by atomic mass is 10.1. The number of furan rings is 1. The predicted octanol–water partition coefficient (Wildman–Crippen LogP) is 2.72. The molecule has 0 atom stereocenters. The van der Waals surface area contributed by atoms with Crippen LogP contribution in [0, 0.1) is 5.82 Å². The molecule has 2 N–H and O–H groups in total. The minimum Gasteiger partial charge on any atom is -0.502 e. The highest BCUT2D eigenvalue weighted by Crippen LogP contribution is 2.15. The third-order valence-corrected chi connectivity index (χ3v) is 2.69. The van der Waals surface area contributed by atoms with Crippen molar-refractivity contribution in [2.24, 2.45) is 0 Å². The first-order valence-corrected chi connectivity index (χ1v) is 5.96. The van der Waals surface area contributed by atoms with E-state index < -0.39 is 17.5 Å². The van der Waals surface area contributed by atoms with Crippen molar-refractivity contribution in [2.75, 3.05) is 0 Å². The zero-order chi connectivity index (χ0) is 15.4. The van der Waals surface area contributed by atoms with Gasteiger partial charge in [-0.25, -0.2) is 9.18 Å². The standard InChI is InChI=1S/C15H11FO5/c16-11-3-1-2-9(4-11)5-12-6-10(8-21-12)13(17)7-14(18)15(19)20/h1-4,6-8,18H,5H2,(H,19,20)/b14-7-. The van der Waals surface area contributed by atoms with E-state index in [1.54, 1.807) is 12.1 Å². The molecular formula is C15H11FO5. The van der Waals surface area contributed by atoms with Crippen molar-refractivity contribution in [3.8, 4) is 0 Å². The zero-order valence-electron chi connectivity index (χ0n) is 10.7. The highest BCUT2D eigenvalue weighted by atomic mass is 19.1. The van der Waals surface area contributed by atoms with Crippen LogP contribution in [0.5, 0.6) is 0 Å². The number of carbonyl (C=O) groups excluding carboxylic acids is 1. The smallest absolute Gasteiger partial charge is 0.371 e. The average Bonchev–Trinajstić information content (AvgIpc) is 2.87. The molecule has 1 heterocycles. The number of hydrogen-bond donors (Lipinski definition) is 2. The monoisotopic (exact) mass is 290 g/mol. The number of carbonyl (C=O) groups is 2. The van der Waals surface area contributed by atoms with Crippen LogP contribution in [0.3, 0.4) is 0 Å². The second-order valence-electron chi connectivity index (χ2n) is 4.31. The van der Waals surface area contributed by atoms with E-state index in [2.05, 4.69) is 0 Å². The van der Waals surface area contributed by atoms with E-state index in [0.29, 0.717) is 23.8 Å². The zero-order valence-corrected chi connectivity index (χ0v) is 10.7. The Balaban J connectivity index is 2.13. The number of rotatable bonds is 5. The lowest BCUT2D eigenvalue weighted by Gasteiger charge is -1.97. The van der Waals surface area contributed by atoms with Gasteiger partial charge in [-0.05, 0) is 23.8 Å². The van der Waals surface area contributed by atoms with Gasteiger partial charge in [-0.1, -0.05) is 12.1 Å². The number of hydrogen-bond acceptors (Lipinski definition) is 4. The molecule has 0 unspecified atom stereocenters. The Bertz CT molecular complexity index is 714. The fourth-order valence-electron chi connectivity index (χ4n) is 1.72. The summed E-state index contributed by atoms with van der Waals surface area (Å²) in [4.78, 5) is 22.1. The van der Waals surface area contributed by atoms with Gasteiger partial charge in [-0.15, -0.1) is 0 Å². The molecule has 2 aromatic rings. The van der Waals surface area contributed by atoms with Crippen molar-refractivity contribution in [3.63, 3.8) is 0 Å². The molecule has 6 heteroatoms. The van der Waals surface area contributed by atoms with E-state index in [-0.39, 0.29) is 11.4 Å². The van der Waals surface area contributed by atoms with Gasteiger partial charge >= 0.3 is 5.97 Å². The fourth-order valence-corrected chi connectivity index (χ4v) is 1.72. The second-order valence-corrected chi connectivity index (χ2v) is 4.31. The molecule has 1 aromatic heterocycles. The highest BCUT2D eigenvalue weighted by molar-refractivity contribution is 6.07. The molecule has 0 radical (unpaired) electrons. The normalized spacial score (nSPS) is 11.4. The van der Waals surface area contributed by atoms with Crippen molar-refractivity contribution in [1.82, 2.24) is 0 Å². The summed E-state index contributed by atoms with van der Waals surface area (Å²) >= 11 is 0.